The van der Waals surface area contributed by atoms with E-state index in [0.717, 1.165) is 12.5 Å². The lowest BCUT2D eigenvalue weighted by molar-refractivity contribution is -0.150. The van der Waals surface area contributed by atoms with Gasteiger partial charge in [0, 0.05) is 17.7 Å². The molecule has 21 heavy (non-hydrogen) atoms. The normalized spacial score (nSPS) is 22.4. The van der Waals surface area contributed by atoms with E-state index in [-0.39, 0.29) is 12.1 Å². The van der Waals surface area contributed by atoms with E-state index in [4.69, 9.17) is 5.73 Å². The fraction of sp³-hybridized carbons (Fsp3) is 0.467. The Balaban J connectivity index is 2.25. The zero-order chi connectivity index (χ0) is 15.6. The predicted octanol–water partition coefficient (Wildman–Crippen LogP) is 1.75. The van der Waals surface area contributed by atoms with Crippen molar-refractivity contribution in [3.8, 4) is 0 Å². The first kappa shape index (κ1) is 15.4. The molecule has 0 bridgehead atoms. The van der Waals surface area contributed by atoms with E-state index in [2.05, 4.69) is 0 Å². The molecule has 1 fully saturated rings. The lowest BCUT2D eigenvalue weighted by atomic mass is 9.92. The molecule has 1 saturated heterocycles. The largest absolute Gasteiger partial charge is 0.480 e. The SMILES string of the molecule is CCC1(C(=O)O)CCCN1Cc1ccc(C(N)=O)cc1F. The van der Waals surface area contributed by atoms with Crippen LogP contribution in [-0.2, 0) is 11.3 Å². The van der Waals surface area contributed by atoms with Crippen molar-refractivity contribution >= 4 is 11.9 Å². The van der Waals surface area contributed by atoms with E-state index < -0.39 is 23.2 Å². The van der Waals surface area contributed by atoms with Crippen LogP contribution in [0.4, 0.5) is 4.39 Å². The Morgan fingerprint density at radius 1 is 1.48 bits per heavy atom. The van der Waals surface area contributed by atoms with Gasteiger partial charge in [-0.25, -0.2) is 4.39 Å². The number of nitrogens with two attached hydrogens (primary N) is 1. The molecule has 3 N–H and O–H groups in total. The molecule has 6 heteroatoms. The van der Waals surface area contributed by atoms with Crippen molar-refractivity contribution in [1.29, 1.82) is 0 Å². The molecule has 1 heterocycles. The van der Waals surface area contributed by atoms with Gasteiger partial charge in [0.2, 0.25) is 5.91 Å². The van der Waals surface area contributed by atoms with E-state index in [9.17, 15) is 19.1 Å². The molecular formula is C15H19FN2O3. The van der Waals surface area contributed by atoms with Gasteiger partial charge in [0.05, 0.1) is 0 Å². The van der Waals surface area contributed by atoms with Crippen LogP contribution in [0.2, 0.25) is 0 Å². The average molecular weight is 294 g/mol. The molecule has 1 amide bonds. The van der Waals surface area contributed by atoms with Crippen LogP contribution < -0.4 is 5.73 Å². The number of nitrogens with zero attached hydrogens (tertiary/aromatic N) is 1. The van der Waals surface area contributed by atoms with Crippen molar-refractivity contribution in [1.82, 2.24) is 4.90 Å². The van der Waals surface area contributed by atoms with Gasteiger partial charge in [-0.3, -0.25) is 14.5 Å². The van der Waals surface area contributed by atoms with Crippen molar-refractivity contribution in [2.24, 2.45) is 5.73 Å². The quantitative estimate of drug-likeness (QED) is 0.866. The highest BCUT2D eigenvalue weighted by molar-refractivity contribution is 5.92. The Kier molecular flexibility index (Phi) is 4.27. The second-order valence-electron chi connectivity index (χ2n) is 5.39. The first-order chi connectivity index (χ1) is 9.90. The topological polar surface area (TPSA) is 83.6 Å². The van der Waals surface area contributed by atoms with Gasteiger partial charge in [0.25, 0.3) is 0 Å². The van der Waals surface area contributed by atoms with Gasteiger partial charge in [0.15, 0.2) is 0 Å². The maximum Gasteiger partial charge on any atom is 0.324 e. The summed E-state index contributed by atoms with van der Waals surface area (Å²) in [5, 5.41) is 9.50. The molecule has 1 atom stereocenters. The first-order valence-electron chi connectivity index (χ1n) is 6.97. The minimum atomic E-state index is -0.922. The van der Waals surface area contributed by atoms with Gasteiger partial charge in [-0.1, -0.05) is 13.0 Å². The number of likely N-dealkylation sites (tertiary alicyclic amines) is 1. The number of carboxylic acid groups (broad SMARTS) is 1. The van der Waals surface area contributed by atoms with Gasteiger partial charge >= 0.3 is 5.97 Å². The van der Waals surface area contributed by atoms with E-state index in [1.54, 1.807) is 4.90 Å². The molecule has 0 saturated carbocycles. The summed E-state index contributed by atoms with van der Waals surface area (Å²) in [6.07, 6.45) is 1.82. The number of carboxylic acids is 1. The van der Waals surface area contributed by atoms with Gasteiger partial charge in [-0.15, -0.1) is 0 Å². The molecule has 0 spiro atoms. The maximum atomic E-state index is 14.0. The van der Waals surface area contributed by atoms with Crippen LogP contribution in [-0.4, -0.2) is 34.0 Å². The lowest BCUT2D eigenvalue weighted by Gasteiger charge is -2.34. The van der Waals surface area contributed by atoms with Crippen molar-refractivity contribution in [3.63, 3.8) is 0 Å². The van der Waals surface area contributed by atoms with Gasteiger partial charge < -0.3 is 10.8 Å². The third kappa shape index (κ3) is 2.76. The minimum absolute atomic E-state index is 0.109. The molecule has 0 radical (unpaired) electrons. The van der Waals surface area contributed by atoms with Crippen molar-refractivity contribution in [2.75, 3.05) is 6.54 Å². The number of hydrogen-bond donors (Lipinski definition) is 2. The summed E-state index contributed by atoms with van der Waals surface area (Å²) in [7, 11) is 0. The van der Waals surface area contributed by atoms with E-state index in [1.807, 2.05) is 6.92 Å². The summed E-state index contributed by atoms with van der Waals surface area (Å²) in [4.78, 5) is 24.4. The van der Waals surface area contributed by atoms with Crippen molar-refractivity contribution in [2.45, 2.75) is 38.3 Å². The van der Waals surface area contributed by atoms with Gasteiger partial charge in [0.1, 0.15) is 11.4 Å². The summed E-state index contributed by atoms with van der Waals surface area (Å²) in [6.45, 7) is 2.67. The fourth-order valence-electron chi connectivity index (χ4n) is 2.99. The first-order valence-corrected chi connectivity index (χ1v) is 6.97. The Morgan fingerprint density at radius 2 is 2.19 bits per heavy atom. The van der Waals surface area contributed by atoms with Crippen LogP contribution in [0.15, 0.2) is 18.2 Å². The summed E-state index contributed by atoms with van der Waals surface area (Å²) in [5.74, 6) is -2.08. The van der Waals surface area contributed by atoms with Crippen LogP contribution in [0.3, 0.4) is 0 Å². The van der Waals surface area contributed by atoms with Crippen LogP contribution in [0, 0.1) is 5.82 Å². The Labute approximate surface area is 122 Å². The number of hydrogen-bond acceptors (Lipinski definition) is 3. The highest BCUT2D eigenvalue weighted by Gasteiger charge is 2.46. The molecular weight excluding hydrogens is 275 g/mol. The third-order valence-electron chi connectivity index (χ3n) is 4.31. The number of benzene rings is 1. The molecule has 5 nitrogen and oxygen atoms in total. The zero-order valence-electron chi connectivity index (χ0n) is 11.9. The second-order valence-corrected chi connectivity index (χ2v) is 5.39. The number of amides is 1. The molecule has 0 aromatic heterocycles. The van der Waals surface area contributed by atoms with Crippen molar-refractivity contribution < 1.29 is 19.1 Å². The van der Waals surface area contributed by atoms with Crippen molar-refractivity contribution in [3.05, 3.63) is 35.1 Å². The summed E-state index contributed by atoms with van der Waals surface area (Å²) >= 11 is 0. The summed E-state index contributed by atoms with van der Waals surface area (Å²) in [6, 6.07) is 4.06. The fourth-order valence-corrected chi connectivity index (χ4v) is 2.99. The monoisotopic (exact) mass is 294 g/mol. The Hall–Kier alpha value is -1.95. The van der Waals surface area contributed by atoms with Crippen LogP contribution in [0.25, 0.3) is 0 Å². The van der Waals surface area contributed by atoms with Crippen LogP contribution in [0.5, 0.6) is 0 Å². The Bertz CT molecular complexity index is 576. The minimum Gasteiger partial charge on any atom is -0.480 e. The number of primary amides is 1. The number of carbonyl (C=O) groups excluding carboxylic acids is 1. The average Bonchev–Trinajstić information content (AvgIpc) is 2.84. The Morgan fingerprint density at radius 3 is 2.71 bits per heavy atom. The number of rotatable bonds is 5. The molecule has 1 aliphatic heterocycles. The van der Waals surface area contributed by atoms with Crippen LogP contribution >= 0.6 is 0 Å². The number of aliphatic carboxylic acids is 1. The van der Waals surface area contributed by atoms with E-state index in [0.29, 0.717) is 24.9 Å². The molecule has 1 aromatic rings. The smallest absolute Gasteiger partial charge is 0.324 e. The number of halogens is 1. The highest BCUT2D eigenvalue weighted by atomic mass is 19.1. The van der Waals surface area contributed by atoms with Gasteiger partial charge in [-0.05, 0) is 37.9 Å². The molecule has 1 unspecified atom stereocenters. The highest BCUT2D eigenvalue weighted by Crippen LogP contribution is 2.34. The molecule has 114 valence electrons. The zero-order valence-corrected chi connectivity index (χ0v) is 11.9. The molecule has 2 rings (SSSR count). The summed E-state index contributed by atoms with van der Waals surface area (Å²) in [5.41, 5.74) is 4.67. The lowest BCUT2D eigenvalue weighted by Crippen LogP contribution is -2.49. The number of carbonyl (C=O) groups is 2. The molecule has 1 aliphatic rings. The van der Waals surface area contributed by atoms with Crippen LogP contribution in [0.1, 0.15) is 42.1 Å². The second kappa shape index (κ2) is 5.81. The third-order valence-corrected chi connectivity index (χ3v) is 4.31. The van der Waals surface area contributed by atoms with Gasteiger partial charge in [-0.2, -0.15) is 0 Å². The summed E-state index contributed by atoms with van der Waals surface area (Å²) < 4.78 is 14.0. The predicted molar refractivity (Wildman–Crippen MR) is 75.2 cm³/mol. The molecule has 1 aromatic carbocycles. The van der Waals surface area contributed by atoms with E-state index >= 15 is 0 Å². The molecule has 0 aliphatic carbocycles. The standard InChI is InChI=1S/C15H19FN2O3/c1-2-15(14(20)21)6-3-7-18(15)9-11-5-4-10(13(17)19)8-12(11)16/h4-5,8H,2-3,6-7,9H2,1H3,(H2,17,19)(H,20,21). The van der Waals surface area contributed by atoms with E-state index in [1.165, 1.54) is 12.1 Å². The maximum absolute atomic E-state index is 14.0.